The third kappa shape index (κ3) is 5.10. The molecule has 21 heavy (non-hydrogen) atoms. The lowest BCUT2D eigenvalue weighted by molar-refractivity contribution is -0.133. The van der Waals surface area contributed by atoms with E-state index in [1.54, 1.807) is 12.1 Å². The molecule has 5 heteroatoms. The van der Waals surface area contributed by atoms with Crippen molar-refractivity contribution in [3.63, 3.8) is 0 Å². The Bertz CT molecular complexity index is 444. The predicted molar refractivity (Wildman–Crippen MR) is 79.3 cm³/mol. The molecule has 116 valence electrons. The maximum absolute atomic E-state index is 12.9. The summed E-state index contributed by atoms with van der Waals surface area (Å²) >= 11 is 0. The van der Waals surface area contributed by atoms with E-state index in [1.807, 2.05) is 11.8 Å². The van der Waals surface area contributed by atoms with Gasteiger partial charge in [0.05, 0.1) is 13.2 Å². The number of nitrogens with zero attached hydrogens (tertiary/aromatic N) is 1. The molecule has 4 nitrogen and oxygen atoms in total. The molecule has 1 amide bonds. The van der Waals surface area contributed by atoms with Gasteiger partial charge in [-0.05, 0) is 24.1 Å². The number of hydrogen-bond donors (Lipinski definition) is 1. The van der Waals surface area contributed by atoms with Crippen LogP contribution in [0.4, 0.5) is 4.39 Å². The monoisotopic (exact) mass is 294 g/mol. The Balaban J connectivity index is 1.93. The molecule has 0 radical (unpaired) electrons. The summed E-state index contributed by atoms with van der Waals surface area (Å²) in [7, 11) is 0. The van der Waals surface area contributed by atoms with Crippen molar-refractivity contribution in [1.82, 2.24) is 10.2 Å². The van der Waals surface area contributed by atoms with Gasteiger partial charge in [0.15, 0.2) is 0 Å². The number of hydrogen-bond acceptors (Lipinski definition) is 3. The Morgan fingerprint density at radius 2 is 2.19 bits per heavy atom. The zero-order chi connectivity index (χ0) is 15.1. The van der Waals surface area contributed by atoms with Crippen molar-refractivity contribution < 1.29 is 13.9 Å². The number of benzene rings is 1. The highest BCUT2D eigenvalue weighted by Gasteiger charge is 2.20. The van der Waals surface area contributed by atoms with Crippen LogP contribution in [0.15, 0.2) is 24.3 Å². The maximum Gasteiger partial charge on any atom is 0.224 e. The predicted octanol–water partition coefficient (Wildman–Crippen LogP) is 1.94. The largest absolute Gasteiger partial charge is 0.378 e. The third-order valence-corrected chi connectivity index (χ3v) is 3.55. The lowest BCUT2D eigenvalue weighted by Crippen LogP contribution is -2.45. The number of carbonyl (C=O) groups is 1. The fourth-order valence-electron chi connectivity index (χ4n) is 2.46. The van der Waals surface area contributed by atoms with Gasteiger partial charge in [-0.1, -0.05) is 19.1 Å². The van der Waals surface area contributed by atoms with Crippen molar-refractivity contribution in [1.29, 1.82) is 0 Å². The van der Waals surface area contributed by atoms with Crippen molar-refractivity contribution in [3.05, 3.63) is 35.6 Å². The Kier molecular flexibility index (Phi) is 6.14. The van der Waals surface area contributed by atoms with Gasteiger partial charge >= 0.3 is 0 Å². The fraction of sp³-hybridized carbons (Fsp3) is 0.562. The molecular weight excluding hydrogens is 271 g/mol. The van der Waals surface area contributed by atoms with Crippen molar-refractivity contribution >= 4 is 5.91 Å². The molecule has 0 bridgehead atoms. The summed E-state index contributed by atoms with van der Waals surface area (Å²) in [5.74, 6) is -0.139. The molecule has 1 atom stereocenters. The van der Waals surface area contributed by atoms with Crippen LogP contribution in [0.5, 0.6) is 0 Å². The van der Waals surface area contributed by atoms with Crippen LogP contribution in [0.2, 0.25) is 0 Å². The van der Waals surface area contributed by atoms with Gasteiger partial charge in [0.25, 0.3) is 0 Å². The highest BCUT2D eigenvalue weighted by atomic mass is 19.1. The van der Waals surface area contributed by atoms with Crippen LogP contribution in [0.3, 0.4) is 0 Å². The topological polar surface area (TPSA) is 41.6 Å². The van der Waals surface area contributed by atoms with E-state index in [9.17, 15) is 9.18 Å². The first kappa shape index (κ1) is 15.9. The molecule has 1 saturated heterocycles. The lowest BCUT2D eigenvalue weighted by Gasteiger charge is -2.27. The van der Waals surface area contributed by atoms with Gasteiger partial charge in [0, 0.05) is 32.1 Å². The molecule has 2 rings (SSSR count). The van der Waals surface area contributed by atoms with E-state index in [0.29, 0.717) is 32.7 Å². The zero-order valence-corrected chi connectivity index (χ0v) is 12.5. The van der Waals surface area contributed by atoms with Crippen LogP contribution in [0.1, 0.15) is 25.3 Å². The SMILES string of the molecule is CCCN(Cc1ccc(F)cc1)C(=O)CC1COCCN1. The van der Waals surface area contributed by atoms with Crippen LogP contribution < -0.4 is 5.32 Å². The smallest absolute Gasteiger partial charge is 0.224 e. The Morgan fingerprint density at radius 3 is 2.81 bits per heavy atom. The Labute approximate surface area is 125 Å². The van der Waals surface area contributed by atoms with E-state index < -0.39 is 0 Å². The molecule has 1 N–H and O–H groups in total. The second-order valence-electron chi connectivity index (χ2n) is 5.37. The van der Waals surface area contributed by atoms with Gasteiger partial charge in [-0.2, -0.15) is 0 Å². The Hall–Kier alpha value is -1.46. The van der Waals surface area contributed by atoms with Crippen LogP contribution >= 0.6 is 0 Å². The summed E-state index contributed by atoms with van der Waals surface area (Å²) < 4.78 is 18.3. The van der Waals surface area contributed by atoms with Gasteiger partial charge in [0.2, 0.25) is 5.91 Å². The summed E-state index contributed by atoms with van der Waals surface area (Å²) in [6.07, 6.45) is 1.35. The molecular formula is C16H23FN2O2. The molecule has 1 aromatic carbocycles. The molecule has 0 aromatic heterocycles. The van der Waals surface area contributed by atoms with Crippen LogP contribution in [0, 0.1) is 5.82 Å². The van der Waals surface area contributed by atoms with E-state index in [2.05, 4.69) is 5.32 Å². The van der Waals surface area contributed by atoms with E-state index in [-0.39, 0.29) is 17.8 Å². The van der Waals surface area contributed by atoms with Crippen molar-refractivity contribution in [2.24, 2.45) is 0 Å². The zero-order valence-electron chi connectivity index (χ0n) is 12.5. The number of morpholine rings is 1. The van der Waals surface area contributed by atoms with Gasteiger partial charge in [0.1, 0.15) is 5.82 Å². The molecule has 0 saturated carbocycles. The van der Waals surface area contributed by atoms with Crippen molar-refractivity contribution in [2.45, 2.75) is 32.4 Å². The average molecular weight is 294 g/mol. The molecule has 1 heterocycles. The molecule has 0 aliphatic carbocycles. The summed E-state index contributed by atoms with van der Waals surface area (Å²) in [6.45, 7) is 5.38. The minimum Gasteiger partial charge on any atom is -0.378 e. The molecule has 1 aromatic rings. The summed E-state index contributed by atoms with van der Waals surface area (Å²) in [5.41, 5.74) is 0.950. The second kappa shape index (κ2) is 8.10. The summed E-state index contributed by atoms with van der Waals surface area (Å²) in [4.78, 5) is 14.3. The van der Waals surface area contributed by atoms with Gasteiger partial charge < -0.3 is 15.0 Å². The third-order valence-electron chi connectivity index (χ3n) is 3.55. The maximum atomic E-state index is 12.9. The number of amides is 1. The molecule has 1 fully saturated rings. The summed E-state index contributed by atoms with van der Waals surface area (Å²) in [5, 5.41) is 3.30. The van der Waals surface area contributed by atoms with Crippen molar-refractivity contribution in [3.8, 4) is 0 Å². The average Bonchev–Trinajstić information content (AvgIpc) is 2.50. The molecule has 0 spiro atoms. The normalized spacial score (nSPS) is 18.5. The second-order valence-corrected chi connectivity index (χ2v) is 5.37. The fourth-order valence-corrected chi connectivity index (χ4v) is 2.46. The van der Waals surface area contributed by atoms with E-state index in [1.165, 1.54) is 12.1 Å². The lowest BCUT2D eigenvalue weighted by atomic mass is 10.1. The summed E-state index contributed by atoms with van der Waals surface area (Å²) in [6, 6.07) is 6.42. The van der Waals surface area contributed by atoms with Crippen LogP contribution in [-0.4, -0.2) is 43.2 Å². The van der Waals surface area contributed by atoms with E-state index >= 15 is 0 Å². The standard InChI is InChI=1S/C16H23FN2O2/c1-2-8-19(11-13-3-5-14(17)6-4-13)16(20)10-15-12-21-9-7-18-15/h3-6,15,18H,2,7-12H2,1H3. The van der Waals surface area contributed by atoms with Gasteiger partial charge in [-0.25, -0.2) is 4.39 Å². The number of rotatable bonds is 6. The minimum atomic E-state index is -0.254. The van der Waals surface area contributed by atoms with E-state index in [4.69, 9.17) is 4.74 Å². The number of halogens is 1. The number of ether oxygens (including phenoxy) is 1. The quantitative estimate of drug-likeness (QED) is 0.872. The van der Waals surface area contributed by atoms with Gasteiger partial charge in [-0.3, -0.25) is 4.79 Å². The van der Waals surface area contributed by atoms with Gasteiger partial charge in [-0.15, -0.1) is 0 Å². The first-order valence-electron chi connectivity index (χ1n) is 7.52. The van der Waals surface area contributed by atoms with Crippen LogP contribution in [0.25, 0.3) is 0 Å². The van der Waals surface area contributed by atoms with E-state index in [0.717, 1.165) is 18.5 Å². The number of nitrogens with one attached hydrogen (secondary N) is 1. The minimum absolute atomic E-state index is 0.0961. The highest BCUT2D eigenvalue weighted by molar-refractivity contribution is 5.76. The van der Waals surface area contributed by atoms with Crippen LogP contribution in [-0.2, 0) is 16.1 Å². The number of carbonyl (C=O) groups excluding carboxylic acids is 1. The molecule has 1 aliphatic heterocycles. The Morgan fingerprint density at radius 1 is 1.43 bits per heavy atom. The van der Waals surface area contributed by atoms with Crippen molar-refractivity contribution in [2.75, 3.05) is 26.3 Å². The first-order chi connectivity index (χ1) is 10.2. The molecule has 1 aliphatic rings. The molecule has 1 unspecified atom stereocenters. The first-order valence-corrected chi connectivity index (χ1v) is 7.52. The highest BCUT2D eigenvalue weighted by Crippen LogP contribution is 2.10.